The molecule has 30 heavy (non-hydrogen) atoms. The van der Waals surface area contributed by atoms with Crippen LogP contribution < -0.4 is 26.6 Å². The number of amides is 5. The molecule has 1 aromatic rings. The zero-order valence-corrected chi connectivity index (χ0v) is 15.8. The fourth-order valence-corrected chi connectivity index (χ4v) is 2.65. The lowest BCUT2D eigenvalue weighted by Crippen LogP contribution is -2.54. The number of anilines is 2. The monoisotopic (exact) mass is 431 g/mol. The van der Waals surface area contributed by atoms with Gasteiger partial charge in [0.15, 0.2) is 6.04 Å². The summed E-state index contributed by atoms with van der Waals surface area (Å²) in [5.41, 5.74) is 3.14. The van der Waals surface area contributed by atoms with Crippen LogP contribution in [0.3, 0.4) is 0 Å². The number of morpholine rings is 1. The average Bonchev–Trinajstić information content (AvgIpc) is 2.66. The lowest BCUT2D eigenvalue weighted by Gasteiger charge is -2.28. The predicted molar refractivity (Wildman–Crippen MR) is 98.4 cm³/mol. The van der Waals surface area contributed by atoms with E-state index in [0.29, 0.717) is 6.07 Å². The zero-order chi connectivity index (χ0) is 22.5. The first-order valence-corrected chi connectivity index (χ1v) is 8.78. The third-order valence-electron chi connectivity index (χ3n) is 4.02. The molecule has 0 aliphatic carbocycles. The van der Waals surface area contributed by atoms with Crippen molar-refractivity contribution in [1.82, 2.24) is 10.6 Å². The molecule has 1 heterocycles. The van der Waals surface area contributed by atoms with Crippen LogP contribution in [0.2, 0.25) is 0 Å². The van der Waals surface area contributed by atoms with Gasteiger partial charge < -0.3 is 31.3 Å². The van der Waals surface area contributed by atoms with E-state index in [9.17, 15) is 32.3 Å². The molecule has 0 spiro atoms. The van der Waals surface area contributed by atoms with Crippen LogP contribution in [-0.4, -0.2) is 56.1 Å². The van der Waals surface area contributed by atoms with E-state index < -0.39 is 47.2 Å². The van der Waals surface area contributed by atoms with Gasteiger partial charge in [-0.3, -0.25) is 14.4 Å². The van der Waals surface area contributed by atoms with Crippen LogP contribution in [0.5, 0.6) is 0 Å². The summed E-state index contributed by atoms with van der Waals surface area (Å²) in [6, 6.07) is 0.0647. The number of urea groups is 1. The number of ether oxygens (including phenoxy) is 1. The number of carbonyl (C=O) groups excluding carboxylic acids is 4. The summed E-state index contributed by atoms with van der Waals surface area (Å²) in [7, 11) is 0. The summed E-state index contributed by atoms with van der Waals surface area (Å²) in [5.74, 6) is -3.02. The van der Waals surface area contributed by atoms with E-state index in [4.69, 9.17) is 10.5 Å². The summed E-state index contributed by atoms with van der Waals surface area (Å²) in [6.07, 6.45) is -4.89. The molecule has 0 aromatic heterocycles. The topological polar surface area (TPSA) is 143 Å². The Morgan fingerprint density at radius 1 is 1.30 bits per heavy atom. The van der Waals surface area contributed by atoms with E-state index in [-0.39, 0.29) is 32.0 Å². The van der Waals surface area contributed by atoms with E-state index in [0.717, 1.165) is 11.0 Å². The third-order valence-corrected chi connectivity index (χ3v) is 4.02. The normalized spacial score (nSPS) is 15.3. The van der Waals surface area contributed by atoms with Gasteiger partial charge in [0.05, 0.1) is 17.9 Å². The SMILES string of the molecule is CCNC(=O)N[C@@H](C(N)=O)C(=O)Nc1ccc(N2CCOCC2=O)cc1C(F)(F)F. The Balaban J connectivity index is 2.31. The second-order valence-electron chi connectivity index (χ2n) is 6.15. The van der Waals surface area contributed by atoms with Crippen LogP contribution in [0.15, 0.2) is 18.2 Å². The maximum atomic E-state index is 13.6. The van der Waals surface area contributed by atoms with Crippen LogP contribution in [0, 0.1) is 0 Å². The van der Waals surface area contributed by atoms with Crippen LogP contribution in [0.25, 0.3) is 0 Å². The fourth-order valence-electron chi connectivity index (χ4n) is 2.65. The van der Waals surface area contributed by atoms with Crippen LogP contribution >= 0.6 is 0 Å². The number of halogens is 3. The summed E-state index contributed by atoms with van der Waals surface area (Å²) >= 11 is 0. The van der Waals surface area contributed by atoms with Gasteiger partial charge in [-0.1, -0.05) is 0 Å². The second-order valence-corrected chi connectivity index (χ2v) is 6.15. The molecule has 1 aliphatic rings. The highest BCUT2D eigenvalue weighted by Crippen LogP contribution is 2.37. The highest BCUT2D eigenvalue weighted by Gasteiger charge is 2.36. The van der Waals surface area contributed by atoms with Gasteiger partial charge >= 0.3 is 12.2 Å². The molecule has 0 unspecified atom stereocenters. The molecule has 1 atom stereocenters. The number of carbonyl (C=O) groups is 4. The molecule has 164 valence electrons. The van der Waals surface area contributed by atoms with Crippen molar-refractivity contribution in [2.45, 2.75) is 19.1 Å². The number of hydrogen-bond donors (Lipinski definition) is 4. The first-order chi connectivity index (χ1) is 14.0. The van der Waals surface area contributed by atoms with E-state index >= 15 is 0 Å². The number of nitrogens with two attached hydrogens (primary N) is 1. The Hall–Kier alpha value is -3.35. The number of primary amides is 1. The molecule has 1 aromatic carbocycles. The molecule has 1 fully saturated rings. The minimum Gasteiger partial charge on any atom is -0.370 e. The maximum absolute atomic E-state index is 13.6. The van der Waals surface area contributed by atoms with Crippen LogP contribution in [0.1, 0.15) is 12.5 Å². The molecule has 0 radical (unpaired) electrons. The lowest BCUT2D eigenvalue weighted by molar-refractivity contribution is -0.137. The number of alkyl halides is 3. The van der Waals surface area contributed by atoms with Crippen molar-refractivity contribution in [1.29, 1.82) is 0 Å². The number of nitrogens with one attached hydrogen (secondary N) is 3. The number of hydrogen-bond acceptors (Lipinski definition) is 5. The highest BCUT2D eigenvalue weighted by molar-refractivity contribution is 6.11. The number of benzene rings is 1. The number of rotatable bonds is 6. The minimum atomic E-state index is -4.89. The van der Waals surface area contributed by atoms with Gasteiger partial charge in [-0.15, -0.1) is 0 Å². The molecule has 1 saturated heterocycles. The lowest BCUT2D eigenvalue weighted by atomic mass is 10.1. The molecule has 0 saturated carbocycles. The minimum absolute atomic E-state index is 0.0273. The summed E-state index contributed by atoms with van der Waals surface area (Å²) < 4.78 is 45.6. The van der Waals surface area contributed by atoms with Gasteiger partial charge in [0.1, 0.15) is 6.61 Å². The molecule has 5 amide bonds. The molecule has 5 N–H and O–H groups in total. The fraction of sp³-hybridized carbons (Fsp3) is 0.412. The smallest absolute Gasteiger partial charge is 0.370 e. The van der Waals surface area contributed by atoms with Gasteiger partial charge in [0.2, 0.25) is 5.91 Å². The number of nitrogens with zero attached hydrogens (tertiary/aromatic N) is 1. The Morgan fingerprint density at radius 2 is 2.00 bits per heavy atom. The van der Waals surface area contributed by atoms with E-state index in [1.54, 1.807) is 6.92 Å². The molecule has 2 rings (SSSR count). The van der Waals surface area contributed by atoms with Crippen molar-refractivity contribution in [3.05, 3.63) is 23.8 Å². The van der Waals surface area contributed by atoms with Crippen molar-refractivity contribution in [3.8, 4) is 0 Å². The van der Waals surface area contributed by atoms with Gasteiger partial charge in [0.25, 0.3) is 11.8 Å². The Labute approximate surface area is 168 Å². The molecular weight excluding hydrogens is 411 g/mol. The Kier molecular flexibility index (Phi) is 7.21. The molecule has 0 bridgehead atoms. The van der Waals surface area contributed by atoms with Crippen molar-refractivity contribution < 1.29 is 37.1 Å². The first-order valence-electron chi connectivity index (χ1n) is 8.78. The third kappa shape index (κ3) is 5.59. The van der Waals surface area contributed by atoms with Crippen molar-refractivity contribution in [2.75, 3.05) is 36.5 Å². The summed E-state index contributed by atoms with van der Waals surface area (Å²) in [4.78, 5) is 48.4. The Bertz CT molecular complexity index is 846. The van der Waals surface area contributed by atoms with E-state index in [2.05, 4.69) is 5.32 Å². The van der Waals surface area contributed by atoms with Gasteiger partial charge in [-0.2, -0.15) is 13.2 Å². The second kappa shape index (κ2) is 9.43. The summed E-state index contributed by atoms with van der Waals surface area (Å²) in [5, 5.41) is 6.20. The molecule has 1 aliphatic heterocycles. The maximum Gasteiger partial charge on any atom is 0.418 e. The molecular formula is C17H20F3N5O5. The van der Waals surface area contributed by atoms with E-state index in [1.807, 2.05) is 10.6 Å². The summed E-state index contributed by atoms with van der Waals surface area (Å²) in [6.45, 7) is 1.74. The molecule has 13 heteroatoms. The molecule has 10 nitrogen and oxygen atoms in total. The first kappa shape index (κ1) is 22.9. The average molecular weight is 431 g/mol. The largest absolute Gasteiger partial charge is 0.418 e. The zero-order valence-electron chi connectivity index (χ0n) is 15.8. The van der Waals surface area contributed by atoms with E-state index in [1.165, 1.54) is 6.07 Å². The standard InChI is InChI=1S/C17H20F3N5O5/c1-2-22-16(29)24-13(14(21)27)15(28)23-11-4-3-9(7-10(11)17(18,19)20)25-5-6-30-8-12(25)26/h3-4,7,13H,2,5-6,8H2,1H3,(H2,21,27)(H,23,28)(H2,22,24,29)/t13-/m0/s1. The van der Waals surface area contributed by atoms with Crippen LogP contribution in [0.4, 0.5) is 29.3 Å². The van der Waals surface area contributed by atoms with Crippen molar-refractivity contribution in [3.63, 3.8) is 0 Å². The quantitative estimate of drug-likeness (QED) is 0.475. The predicted octanol–water partition coefficient (Wildman–Crippen LogP) is 0.180. The van der Waals surface area contributed by atoms with Crippen LogP contribution in [-0.2, 0) is 25.3 Å². The Morgan fingerprint density at radius 3 is 2.57 bits per heavy atom. The van der Waals surface area contributed by atoms with Crippen molar-refractivity contribution >= 4 is 35.1 Å². The van der Waals surface area contributed by atoms with Gasteiger partial charge in [0, 0.05) is 18.8 Å². The van der Waals surface area contributed by atoms with Gasteiger partial charge in [-0.05, 0) is 25.1 Å². The van der Waals surface area contributed by atoms with Crippen molar-refractivity contribution in [2.24, 2.45) is 5.73 Å². The van der Waals surface area contributed by atoms with Gasteiger partial charge in [-0.25, -0.2) is 4.79 Å². The highest BCUT2D eigenvalue weighted by atomic mass is 19.4.